The Bertz CT molecular complexity index is 932. The normalized spacial score (nSPS) is 18.7. The van der Waals surface area contributed by atoms with Crippen LogP contribution in [0.25, 0.3) is 0 Å². The van der Waals surface area contributed by atoms with Gasteiger partial charge in [-0.3, -0.25) is 19.4 Å². The lowest BCUT2D eigenvalue weighted by Gasteiger charge is -2.34. The Balaban J connectivity index is 1.12. The van der Waals surface area contributed by atoms with Crippen LogP contribution in [0.15, 0.2) is 48.5 Å². The van der Waals surface area contributed by atoms with Crippen molar-refractivity contribution in [1.29, 1.82) is 0 Å². The summed E-state index contributed by atoms with van der Waals surface area (Å²) in [6, 6.07) is 13.2. The number of fused-ring (bicyclic) bond motifs is 1. The largest absolute Gasteiger partial charge is 0.486 e. The van der Waals surface area contributed by atoms with Crippen LogP contribution >= 0.6 is 0 Å². The van der Waals surface area contributed by atoms with E-state index in [9.17, 15) is 14.0 Å². The van der Waals surface area contributed by atoms with Gasteiger partial charge >= 0.3 is 0 Å². The molecule has 0 bridgehead atoms. The summed E-state index contributed by atoms with van der Waals surface area (Å²) in [5.74, 6) is 0.874. The number of rotatable bonds is 7. The average Bonchev–Trinajstić information content (AvgIpc) is 2.80. The maximum atomic E-state index is 13.0. The maximum Gasteiger partial charge on any atom is 0.238 e. The fourth-order valence-electron chi connectivity index (χ4n) is 3.69. The number of halogens is 1. The third kappa shape index (κ3) is 6.18. The lowest BCUT2D eigenvalue weighted by atomic mass is 10.2. The molecule has 4 rings (SSSR count). The highest BCUT2D eigenvalue weighted by molar-refractivity contribution is 5.92. The molecule has 0 aromatic heterocycles. The van der Waals surface area contributed by atoms with Crippen LogP contribution < -0.4 is 20.1 Å². The highest BCUT2D eigenvalue weighted by Gasteiger charge is 2.23. The topological polar surface area (TPSA) is 83.1 Å². The highest BCUT2D eigenvalue weighted by Crippen LogP contribution is 2.30. The highest BCUT2D eigenvalue weighted by atomic mass is 19.1. The molecule has 2 N–H and O–H groups in total. The fourth-order valence-corrected chi connectivity index (χ4v) is 3.69. The summed E-state index contributed by atoms with van der Waals surface area (Å²) in [7, 11) is 0. The number of hydrogen-bond donors (Lipinski definition) is 2. The van der Waals surface area contributed by atoms with Crippen molar-refractivity contribution in [2.24, 2.45) is 0 Å². The molecule has 2 heterocycles. The first kappa shape index (κ1) is 22.0. The van der Waals surface area contributed by atoms with E-state index in [1.165, 1.54) is 24.3 Å². The quantitative estimate of drug-likeness (QED) is 0.674. The summed E-state index contributed by atoms with van der Waals surface area (Å²) in [5, 5.41) is 5.68. The molecule has 2 aliphatic heterocycles. The van der Waals surface area contributed by atoms with Crippen molar-refractivity contribution >= 4 is 17.5 Å². The molecule has 1 fully saturated rings. The molecule has 1 unspecified atom stereocenters. The molecule has 170 valence electrons. The van der Waals surface area contributed by atoms with Gasteiger partial charge in [-0.2, -0.15) is 0 Å². The summed E-state index contributed by atoms with van der Waals surface area (Å²) >= 11 is 0. The monoisotopic (exact) mass is 442 g/mol. The van der Waals surface area contributed by atoms with E-state index in [1.807, 2.05) is 29.2 Å². The Labute approximate surface area is 186 Å². The van der Waals surface area contributed by atoms with Crippen molar-refractivity contribution in [3.05, 3.63) is 54.3 Å². The van der Waals surface area contributed by atoms with E-state index in [1.54, 1.807) is 0 Å². The van der Waals surface area contributed by atoms with E-state index < -0.39 is 0 Å². The van der Waals surface area contributed by atoms with Gasteiger partial charge in [0.25, 0.3) is 0 Å². The van der Waals surface area contributed by atoms with Crippen molar-refractivity contribution in [1.82, 2.24) is 15.1 Å². The van der Waals surface area contributed by atoms with E-state index in [-0.39, 0.29) is 30.3 Å². The van der Waals surface area contributed by atoms with Gasteiger partial charge < -0.3 is 20.1 Å². The van der Waals surface area contributed by atoms with Crippen LogP contribution in [0.4, 0.5) is 10.1 Å². The van der Waals surface area contributed by atoms with Gasteiger partial charge in [-0.05, 0) is 36.4 Å². The molecule has 1 saturated heterocycles. The number of carbonyl (C=O) groups is 2. The third-order valence-electron chi connectivity index (χ3n) is 5.42. The molecule has 2 aromatic rings. The molecule has 2 amide bonds. The lowest BCUT2D eigenvalue weighted by molar-refractivity contribution is -0.124. The minimum Gasteiger partial charge on any atom is -0.486 e. The smallest absolute Gasteiger partial charge is 0.238 e. The summed E-state index contributed by atoms with van der Waals surface area (Å²) in [5.41, 5.74) is 0.572. The zero-order valence-corrected chi connectivity index (χ0v) is 17.8. The maximum absolute atomic E-state index is 13.0. The number of anilines is 1. The number of para-hydroxylation sites is 2. The Morgan fingerprint density at radius 1 is 0.906 bits per heavy atom. The minimum atomic E-state index is -0.340. The van der Waals surface area contributed by atoms with E-state index >= 15 is 0 Å². The zero-order chi connectivity index (χ0) is 22.3. The molecule has 0 radical (unpaired) electrons. The van der Waals surface area contributed by atoms with Crippen LogP contribution in [0.2, 0.25) is 0 Å². The van der Waals surface area contributed by atoms with Gasteiger partial charge in [0.15, 0.2) is 11.5 Å². The average molecular weight is 442 g/mol. The minimum absolute atomic E-state index is 0.0602. The Kier molecular flexibility index (Phi) is 7.18. The molecule has 9 heteroatoms. The summed E-state index contributed by atoms with van der Waals surface area (Å²) in [6.07, 6.45) is -0.217. The number of hydrogen-bond acceptors (Lipinski definition) is 6. The molecule has 0 saturated carbocycles. The van der Waals surface area contributed by atoms with Gasteiger partial charge in [-0.25, -0.2) is 4.39 Å². The number of ether oxygens (including phenoxy) is 2. The second kappa shape index (κ2) is 10.4. The molecule has 32 heavy (non-hydrogen) atoms. The number of amides is 2. The molecular weight excluding hydrogens is 415 g/mol. The molecule has 1 atom stereocenters. The molecule has 0 aliphatic carbocycles. The van der Waals surface area contributed by atoms with Crippen LogP contribution in [-0.2, 0) is 9.59 Å². The molecule has 8 nitrogen and oxygen atoms in total. The second-order valence-electron chi connectivity index (χ2n) is 7.91. The predicted octanol–water partition coefficient (Wildman–Crippen LogP) is 1.34. The van der Waals surface area contributed by atoms with Crippen molar-refractivity contribution in [2.75, 3.05) is 57.7 Å². The van der Waals surface area contributed by atoms with E-state index in [4.69, 9.17) is 9.47 Å². The molecule has 2 aliphatic rings. The molecule has 0 spiro atoms. The summed E-state index contributed by atoms with van der Waals surface area (Å²) in [4.78, 5) is 28.6. The predicted molar refractivity (Wildman–Crippen MR) is 117 cm³/mol. The number of nitrogens with zero attached hydrogens (tertiary/aromatic N) is 2. The fraction of sp³-hybridized carbons (Fsp3) is 0.391. The SMILES string of the molecule is O=C(CN1CCN(CC(=O)Nc2ccc(F)cc2)CC1)NCC1COc2ccccc2O1. The van der Waals surface area contributed by atoms with Gasteiger partial charge in [0, 0.05) is 31.9 Å². The van der Waals surface area contributed by atoms with Crippen LogP contribution in [-0.4, -0.2) is 80.1 Å². The molecule has 2 aromatic carbocycles. The first-order chi connectivity index (χ1) is 15.5. The van der Waals surface area contributed by atoms with Crippen LogP contribution in [0, 0.1) is 5.82 Å². The summed E-state index contributed by atoms with van der Waals surface area (Å²) in [6.45, 7) is 4.15. The van der Waals surface area contributed by atoms with Gasteiger partial charge in [-0.15, -0.1) is 0 Å². The molecular formula is C23H27FN4O4. The van der Waals surface area contributed by atoms with E-state index in [0.717, 1.165) is 5.75 Å². The number of piperazine rings is 1. The van der Waals surface area contributed by atoms with Crippen LogP contribution in [0.1, 0.15) is 0 Å². The number of nitrogens with one attached hydrogen (secondary N) is 2. The van der Waals surface area contributed by atoms with E-state index in [0.29, 0.717) is 57.3 Å². The summed E-state index contributed by atoms with van der Waals surface area (Å²) < 4.78 is 24.5. The second-order valence-corrected chi connectivity index (χ2v) is 7.91. The van der Waals surface area contributed by atoms with Crippen LogP contribution in [0.3, 0.4) is 0 Å². The first-order valence-corrected chi connectivity index (χ1v) is 10.7. The number of benzene rings is 2. The van der Waals surface area contributed by atoms with Gasteiger partial charge in [0.2, 0.25) is 11.8 Å². The van der Waals surface area contributed by atoms with Crippen molar-refractivity contribution in [3.63, 3.8) is 0 Å². The van der Waals surface area contributed by atoms with Gasteiger partial charge in [0.1, 0.15) is 18.5 Å². The van der Waals surface area contributed by atoms with Crippen molar-refractivity contribution < 1.29 is 23.5 Å². The standard InChI is InChI=1S/C23H27FN4O4/c24-17-5-7-18(8-6-17)26-23(30)15-28-11-9-27(10-12-28)14-22(29)25-13-19-16-31-20-3-1-2-4-21(20)32-19/h1-8,19H,9-16H2,(H,25,29)(H,26,30). The first-order valence-electron chi connectivity index (χ1n) is 10.7. The van der Waals surface area contributed by atoms with Gasteiger partial charge in [0.05, 0.1) is 19.6 Å². The third-order valence-corrected chi connectivity index (χ3v) is 5.42. The zero-order valence-electron chi connectivity index (χ0n) is 17.8. The van der Waals surface area contributed by atoms with Crippen LogP contribution in [0.5, 0.6) is 11.5 Å². The Morgan fingerprint density at radius 3 is 2.22 bits per heavy atom. The van der Waals surface area contributed by atoms with E-state index in [2.05, 4.69) is 15.5 Å². The van der Waals surface area contributed by atoms with Crippen molar-refractivity contribution in [3.8, 4) is 11.5 Å². The Hall–Kier alpha value is -3.17. The van der Waals surface area contributed by atoms with Gasteiger partial charge in [-0.1, -0.05) is 12.1 Å². The lowest BCUT2D eigenvalue weighted by Crippen LogP contribution is -2.51. The number of carbonyl (C=O) groups excluding carboxylic acids is 2. The van der Waals surface area contributed by atoms with Crippen molar-refractivity contribution in [2.45, 2.75) is 6.10 Å². The Morgan fingerprint density at radius 2 is 1.53 bits per heavy atom.